The van der Waals surface area contributed by atoms with Crippen molar-refractivity contribution in [3.63, 3.8) is 0 Å². The number of nitro benzene ring substituents is 1. The molecule has 0 saturated heterocycles. The fraction of sp³-hybridized carbons (Fsp3) is 0.143. The first kappa shape index (κ1) is 27.5. The van der Waals surface area contributed by atoms with Gasteiger partial charge in [-0.25, -0.2) is 4.98 Å². The SMILES string of the molecule is CNc1nc(Nc2ccc(C)c([N+](=O)[O-])c2)ncc1C(=O)Nc1cc(NC(=O)c2cccc(OC)c2)ccc1C. The zero-order valence-corrected chi connectivity index (χ0v) is 22.2. The van der Waals surface area contributed by atoms with Crippen LogP contribution < -0.4 is 26.0 Å². The molecule has 0 radical (unpaired) electrons. The van der Waals surface area contributed by atoms with E-state index in [1.165, 1.54) is 19.4 Å². The predicted molar refractivity (Wildman–Crippen MR) is 153 cm³/mol. The maximum atomic E-state index is 13.2. The first-order valence-electron chi connectivity index (χ1n) is 12.1. The van der Waals surface area contributed by atoms with E-state index in [2.05, 4.69) is 31.2 Å². The maximum absolute atomic E-state index is 13.2. The first-order chi connectivity index (χ1) is 19.2. The average molecular weight is 542 g/mol. The van der Waals surface area contributed by atoms with E-state index in [1.54, 1.807) is 68.6 Å². The molecule has 4 rings (SSSR count). The third-order valence-electron chi connectivity index (χ3n) is 6.01. The van der Waals surface area contributed by atoms with Crippen LogP contribution in [0.3, 0.4) is 0 Å². The number of carbonyl (C=O) groups excluding carboxylic acids is 2. The van der Waals surface area contributed by atoms with E-state index in [9.17, 15) is 19.7 Å². The summed E-state index contributed by atoms with van der Waals surface area (Å²) in [6.45, 7) is 3.48. The molecule has 0 aliphatic carbocycles. The summed E-state index contributed by atoms with van der Waals surface area (Å²) in [5.41, 5.74) is 3.28. The molecule has 4 N–H and O–H groups in total. The molecular formula is C28H27N7O5. The number of rotatable bonds is 9. The average Bonchev–Trinajstić information content (AvgIpc) is 2.95. The molecule has 0 saturated carbocycles. The van der Waals surface area contributed by atoms with Crippen molar-refractivity contribution in [1.29, 1.82) is 0 Å². The van der Waals surface area contributed by atoms with Gasteiger partial charge < -0.3 is 26.0 Å². The number of aromatic nitrogens is 2. The van der Waals surface area contributed by atoms with Crippen LogP contribution in [-0.4, -0.2) is 40.9 Å². The van der Waals surface area contributed by atoms with Crippen LogP contribution in [0.2, 0.25) is 0 Å². The number of ether oxygens (including phenoxy) is 1. The van der Waals surface area contributed by atoms with Crippen LogP contribution in [0, 0.1) is 24.0 Å². The number of nitrogens with one attached hydrogen (secondary N) is 4. The maximum Gasteiger partial charge on any atom is 0.274 e. The highest BCUT2D eigenvalue weighted by atomic mass is 16.6. The van der Waals surface area contributed by atoms with Gasteiger partial charge in [-0.15, -0.1) is 0 Å². The first-order valence-corrected chi connectivity index (χ1v) is 12.1. The Labute approximate surface area is 230 Å². The van der Waals surface area contributed by atoms with Crippen molar-refractivity contribution in [1.82, 2.24) is 9.97 Å². The summed E-state index contributed by atoms with van der Waals surface area (Å²) < 4.78 is 5.18. The predicted octanol–water partition coefficient (Wildman–Crippen LogP) is 5.30. The van der Waals surface area contributed by atoms with Crippen molar-refractivity contribution in [2.75, 3.05) is 35.4 Å². The third kappa shape index (κ3) is 6.30. The van der Waals surface area contributed by atoms with Crippen LogP contribution in [0.1, 0.15) is 31.8 Å². The summed E-state index contributed by atoms with van der Waals surface area (Å²) in [6, 6.07) is 16.6. The molecule has 0 spiro atoms. The van der Waals surface area contributed by atoms with Gasteiger partial charge in [-0.2, -0.15) is 4.98 Å². The van der Waals surface area contributed by atoms with Crippen molar-refractivity contribution in [3.8, 4) is 5.75 Å². The third-order valence-corrected chi connectivity index (χ3v) is 6.01. The Hall–Kier alpha value is -5.52. The molecule has 12 nitrogen and oxygen atoms in total. The molecule has 4 aromatic rings. The molecule has 40 heavy (non-hydrogen) atoms. The highest BCUT2D eigenvalue weighted by Gasteiger charge is 2.17. The Balaban J connectivity index is 1.50. The number of benzene rings is 3. The van der Waals surface area contributed by atoms with Crippen LogP contribution in [0.5, 0.6) is 5.75 Å². The van der Waals surface area contributed by atoms with Gasteiger partial charge in [-0.3, -0.25) is 19.7 Å². The summed E-state index contributed by atoms with van der Waals surface area (Å²) in [4.78, 5) is 45.2. The monoisotopic (exact) mass is 541 g/mol. The molecule has 0 aliphatic rings. The van der Waals surface area contributed by atoms with Crippen molar-refractivity contribution < 1.29 is 19.2 Å². The van der Waals surface area contributed by atoms with Crippen molar-refractivity contribution in [3.05, 3.63) is 99.2 Å². The van der Waals surface area contributed by atoms with Crippen LogP contribution in [0.15, 0.2) is 66.9 Å². The molecule has 1 aromatic heterocycles. The Morgan fingerprint density at radius 1 is 0.925 bits per heavy atom. The summed E-state index contributed by atoms with van der Waals surface area (Å²) in [7, 11) is 3.14. The highest BCUT2D eigenvalue weighted by Crippen LogP contribution is 2.26. The molecule has 0 unspecified atom stereocenters. The van der Waals surface area contributed by atoms with Gasteiger partial charge in [0.25, 0.3) is 17.5 Å². The zero-order chi connectivity index (χ0) is 28.8. The van der Waals surface area contributed by atoms with E-state index < -0.39 is 10.8 Å². The molecule has 1 heterocycles. The van der Waals surface area contributed by atoms with E-state index in [0.717, 1.165) is 5.56 Å². The minimum absolute atomic E-state index is 0.0351. The van der Waals surface area contributed by atoms with Gasteiger partial charge in [0, 0.05) is 47.5 Å². The van der Waals surface area contributed by atoms with Crippen molar-refractivity contribution in [2.45, 2.75) is 13.8 Å². The zero-order valence-electron chi connectivity index (χ0n) is 22.2. The van der Waals surface area contributed by atoms with Crippen LogP contribution >= 0.6 is 0 Å². The van der Waals surface area contributed by atoms with Gasteiger partial charge in [0.05, 0.1) is 12.0 Å². The lowest BCUT2D eigenvalue weighted by atomic mass is 10.1. The largest absolute Gasteiger partial charge is 0.497 e. The number of amides is 2. The van der Waals surface area contributed by atoms with E-state index in [0.29, 0.717) is 33.9 Å². The Morgan fingerprint density at radius 3 is 2.40 bits per heavy atom. The second kappa shape index (κ2) is 11.9. The number of aryl methyl sites for hydroxylation is 2. The lowest BCUT2D eigenvalue weighted by Crippen LogP contribution is -2.17. The fourth-order valence-electron chi connectivity index (χ4n) is 3.80. The normalized spacial score (nSPS) is 10.4. The summed E-state index contributed by atoms with van der Waals surface area (Å²) in [5, 5.41) is 22.7. The van der Waals surface area contributed by atoms with E-state index in [-0.39, 0.29) is 28.9 Å². The molecule has 3 aromatic carbocycles. The lowest BCUT2D eigenvalue weighted by molar-refractivity contribution is -0.385. The van der Waals surface area contributed by atoms with Crippen LogP contribution in [0.4, 0.5) is 34.5 Å². The smallest absolute Gasteiger partial charge is 0.274 e. The van der Waals surface area contributed by atoms with Gasteiger partial charge in [-0.1, -0.05) is 18.2 Å². The topological polar surface area (TPSA) is 160 Å². The van der Waals surface area contributed by atoms with Crippen molar-refractivity contribution in [2.24, 2.45) is 0 Å². The standard InChI is InChI=1S/C28H27N7O5/c1-16-8-10-19(31-26(36)18-6-5-7-21(12-18)40-4)13-23(16)33-27(37)22-15-30-28(34-25(22)29-3)32-20-11-9-17(2)24(14-20)35(38)39/h5-15H,1-4H3,(H,31,36)(H,33,37)(H2,29,30,32,34). The van der Waals surface area contributed by atoms with E-state index >= 15 is 0 Å². The van der Waals surface area contributed by atoms with E-state index in [4.69, 9.17) is 4.74 Å². The second-order valence-electron chi connectivity index (χ2n) is 8.76. The van der Waals surface area contributed by atoms with Gasteiger partial charge >= 0.3 is 0 Å². The van der Waals surface area contributed by atoms with Gasteiger partial charge in [-0.05, 0) is 55.8 Å². The van der Waals surface area contributed by atoms with Crippen molar-refractivity contribution >= 4 is 46.3 Å². The molecular weight excluding hydrogens is 514 g/mol. The number of nitro groups is 1. The number of nitrogens with zero attached hydrogens (tertiary/aromatic N) is 3. The number of carbonyl (C=O) groups is 2. The summed E-state index contributed by atoms with van der Waals surface area (Å²) in [5.74, 6) is 0.164. The lowest BCUT2D eigenvalue weighted by Gasteiger charge is -2.14. The molecule has 0 aliphatic heterocycles. The molecule has 0 fully saturated rings. The van der Waals surface area contributed by atoms with Gasteiger partial charge in [0.2, 0.25) is 5.95 Å². The number of anilines is 5. The Kier molecular flexibility index (Phi) is 8.19. The molecule has 204 valence electrons. The molecule has 0 bridgehead atoms. The number of methoxy groups -OCH3 is 1. The van der Waals surface area contributed by atoms with Gasteiger partial charge in [0.1, 0.15) is 17.1 Å². The minimum Gasteiger partial charge on any atom is -0.497 e. The minimum atomic E-state index is -0.471. The molecule has 0 atom stereocenters. The summed E-state index contributed by atoms with van der Waals surface area (Å²) in [6.07, 6.45) is 1.35. The summed E-state index contributed by atoms with van der Waals surface area (Å²) >= 11 is 0. The molecule has 2 amide bonds. The second-order valence-corrected chi connectivity index (χ2v) is 8.76. The highest BCUT2D eigenvalue weighted by molar-refractivity contribution is 6.08. The Bertz CT molecular complexity index is 1610. The van der Waals surface area contributed by atoms with Crippen LogP contribution in [0.25, 0.3) is 0 Å². The fourth-order valence-corrected chi connectivity index (χ4v) is 3.80. The quantitative estimate of drug-likeness (QED) is 0.163. The number of hydrogen-bond acceptors (Lipinski definition) is 9. The van der Waals surface area contributed by atoms with Gasteiger partial charge in [0.15, 0.2) is 0 Å². The number of hydrogen-bond donors (Lipinski definition) is 4. The van der Waals surface area contributed by atoms with Crippen LogP contribution in [-0.2, 0) is 0 Å². The molecule has 12 heteroatoms. The van der Waals surface area contributed by atoms with E-state index in [1.807, 2.05) is 6.92 Å². The Morgan fingerprint density at radius 2 is 1.68 bits per heavy atom.